The molecule has 1 atom stereocenters. The predicted octanol–water partition coefficient (Wildman–Crippen LogP) is 3.49. The van der Waals surface area contributed by atoms with E-state index in [9.17, 15) is 0 Å². The van der Waals surface area contributed by atoms with Gasteiger partial charge in [0, 0.05) is 4.47 Å². The smallest absolute Gasteiger partial charge is 0.125 e. The zero-order valence-electron chi connectivity index (χ0n) is 9.52. The van der Waals surface area contributed by atoms with Gasteiger partial charge in [0.1, 0.15) is 11.5 Å². The third-order valence-electron chi connectivity index (χ3n) is 2.47. The van der Waals surface area contributed by atoms with Gasteiger partial charge in [0.2, 0.25) is 0 Å². The van der Waals surface area contributed by atoms with E-state index in [1.54, 1.807) is 6.26 Å². The summed E-state index contributed by atoms with van der Waals surface area (Å²) in [7, 11) is 0. The van der Waals surface area contributed by atoms with Crippen LogP contribution in [0.3, 0.4) is 0 Å². The van der Waals surface area contributed by atoms with Crippen LogP contribution in [0, 0.1) is 0 Å². The molecule has 1 aromatic carbocycles. The van der Waals surface area contributed by atoms with Gasteiger partial charge in [-0.05, 0) is 36.8 Å². The number of hydrogen-bond acceptors (Lipinski definition) is 3. The van der Waals surface area contributed by atoms with Crippen molar-refractivity contribution >= 4 is 15.9 Å². The van der Waals surface area contributed by atoms with Gasteiger partial charge in [-0.3, -0.25) is 0 Å². The molecule has 0 aliphatic heterocycles. The van der Waals surface area contributed by atoms with Crippen molar-refractivity contribution in [3.63, 3.8) is 0 Å². The van der Waals surface area contributed by atoms with Crippen LogP contribution in [0.5, 0.6) is 5.75 Å². The fourth-order valence-corrected chi connectivity index (χ4v) is 2.24. The average molecular weight is 296 g/mol. The summed E-state index contributed by atoms with van der Waals surface area (Å²) < 4.78 is 11.6. The zero-order valence-corrected chi connectivity index (χ0v) is 11.1. The monoisotopic (exact) mass is 295 g/mol. The third-order valence-corrected chi connectivity index (χ3v) is 3.15. The van der Waals surface area contributed by atoms with E-state index in [4.69, 9.17) is 14.9 Å². The summed E-state index contributed by atoms with van der Waals surface area (Å²) in [6, 6.07) is 9.21. The molecule has 0 bridgehead atoms. The highest BCUT2D eigenvalue weighted by molar-refractivity contribution is 9.10. The van der Waals surface area contributed by atoms with E-state index >= 15 is 0 Å². The summed E-state index contributed by atoms with van der Waals surface area (Å²) in [5.41, 5.74) is 7.10. The Balaban J connectivity index is 2.27. The fraction of sp³-hybridized carbons (Fsp3) is 0.231. The van der Waals surface area contributed by atoms with Crippen LogP contribution in [-0.4, -0.2) is 6.61 Å². The van der Waals surface area contributed by atoms with Crippen molar-refractivity contribution in [2.75, 3.05) is 6.61 Å². The average Bonchev–Trinajstić information content (AvgIpc) is 2.82. The lowest BCUT2D eigenvalue weighted by molar-refractivity contribution is 0.340. The minimum Gasteiger partial charge on any atom is -0.494 e. The Morgan fingerprint density at radius 1 is 1.41 bits per heavy atom. The number of halogens is 1. The lowest BCUT2D eigenvalue weighted by Gasteiger charge is -2.13. The molecule has 90 valence electrons. The summed E-state index contributed by atoms with van der Waals surface area (Å²) in [6.45, 7) is 2.60. The zero-order chi connectivity index (χ0) is 12.3. The number of hydrogen-bond donors (Lipinski definition) is 1. The molecule has 0 radical (unpaired) electrons. The Kier molecular flexibility index (Phi) is 3.86. The molecule has 0 aliphatic rings. The SMILES string of the molecule is CCOc1ccc(C(N)c2ccco2)c(Br)c1. The molecule has 0 spiro atoms. The van der Waals surface area contributed by atoms with Crippen LogP contribution in [0.1, 0.15) is 24.3 Å². The molecule has 0 saturated carbocycles. The van der Waals surface area contributed by atoms with Crippen LogP contribution in [0.4, 0.5) is 0 Å². The van der Waals surface area contributed by atoms with Crippen LogP contribution in [0.15, 0.2) is 45.5 Å². The van der Waals surface area contributed by atoms with Gasteiger partial charge < -0.3 is 14.9 Å². The highest BCUT2D eigenvalue weighted by Gasteiger charge is 2.15. The standard InChI is InChI=1S/C13H14BrNO2/c1-2-16-9-5-6-10(11(14)8-9)13(15)12-4-3-7-17-12/h3-8,13H,2,15H2,1H3. The molecule has 2 N–H and O–H groups in total. The summed E-state index contributed by atoms with van der Waals surface area (Å²) in [4.78, 5) is 0. The quantitative estimate of drug-likeness (QED) is 0.939. The molecule has 1 aromatic heterocycles. The molecule has 4 heteroatoms. The molecule has 0 saturated heterocycles. The van der Waals surface area contributed by atoms with Gasteiger partial charge >= 0.3 is 0 Å². The molecule has 0 amide bonds. The number of ether oxygens (including phenoxy) is 1. The molecule has 2 rings (SSSR count). The molecule has 0 aliphatic carbocycles. The number of furan rings is 1. The first-order chi connectivity index (χ1) is 8.22. The Hall–Kier alpha value is -1.26. The van der Waals surface area contributed by atoms with Gasteiger partial charge in [-0.25, -0.2) is 0 Å². The van der Waals surface area contributed by atoms with Crippen molar-refractivity contribution in [3.8, 4) is 5.75 Å². The van der Waals surface area contributed by atoms with Crippen LogP contribution < -0.4 is 10.5 Å². The normalized spacial score (nSPS) is 12.4. The molecule has 1 heterocycles. The molecule has 2 aromatic rings. The van der Waals surface area contributed by atoms with E-state index in [2.05, 4.69) is 15.9 Å². The van der Waals surface area contributed by atoms with Crippen LogP contribution >= 0.6 is 15.9 Å². The number of rotatable bonds is 4. The lowest BCUT2D eigenvalue weighted by atomic mass is 10.1. The Morgan fingerprint density at radius 3 is 2.82 bits per heavy atom. The highest BCUT2D eigenvalue weighted by atomic mass is 79.9. The molecule has 1 unspecified atom stereocenters. The summed E-state index contributed by atoms with van der Waals surface area (Å²) in [6.07, 6.45) is 1.62. The van der Waals surface area contributed by atoms with Crippen molar-refractivity contribution in [1.29, 1.82) is 0 Å². The van der Waals surface area contributed by atoms with Crippen LogP contribution in [0.2, 0.25) is 0 Å². The second-order valence-electron chi connectivity index (χ2n) is 3.61. The first-order valence-corrected chi connectivity index (χ1v) is 6.23. The fourth-order valence-electron chi connectivity index (χ4n) is 1.64. The highest BCUT2D eigenvalue weighted by Crippen LogP contribution is 2.30. The number of benzene rings is 1. The topological polar surface area (TPSA) is 48.4 Å². The predicted molar refractivity (Wildman–Crippen MR) is 70.0 cm³/mol. The summed E-state index contributed by atoms with van der Waals surface area (Å²) in [5, 5.41) is 0. The van der Waals surface area contributed by atoms with Gasteiger partial charge in [-0.15, -0.1) is 0 Å². The molecule has 3 nitrogen and oxygen atoms in total. The van der Waals surface area contributed by atoms with Gasteiger partial charge in [-0.2, -0.15) is 0 Å². The van der Waals surface area contributed by atoms with Crippen LogP contribution in [-0.2, 0) is 0 Å². The Bertz CT molecular complexity index is 482. The van der Waals surface area contributed by atoms with E-state index in [-0.39, 0.29) is 6.04 Å². The third kappa shape index (κ3) is 2.70. The Morgan fingerprint density at radius 2 is 2.24 bits per heavy atom. The van der Waals surface area contributed by atoms with Gasteiger partial charge in [0.05, 0.1) is 18.9 Å². The van der Waals surface area contributed by atoms with Crippen molar-refractivity contribution in [2.24, 2.45) is 5.73 Å². The van der Waals surface area contributed by atoms with E-state index < -0.39 is 0 Å². The maximum Gasteiger partial charge on any atom is 0.125 e. The lowest BCUT2D eigenvalue weighted by Crippen LogP contribution is -2.11. The summed E-state index contributed by atoms with van der Waals surface area (Å²) >= 11 is 3.50. The second kappa shape index (κ2) is 5.38. The minimum atomic E-state index is -0.268. The van der Waals surface area contributed by atoms with E-state index in [0.29, 0.717) is 6.61 Å². The molecule has 0 fully saturated rings. The summed E-state index contributed by atoms with van der Waals surface area (Å²) in [5.74, 6) is 1.57. The molecular formula is C13H14BrNO2. The van der Waals surface area contributed by atoms with Crippen molar-refractivity contribution < 1.29 is 9.15 Å². The number of nitrogens with two attached hydrogens (primary N) is 1. The van der Waals surface area contributed by atoms with E-state index in [1.807, 2.05) is 37.3 Å². The first kappa shape index (κ1) is 12.2. The van der Waals surface area contributed by atoms with Gasteiger partial charge in [-0.1, -0.05) is 22.0 Å². The van der Waals surface area contributed by atoms with Gasteiger partial charge in [0.15, 0.2) is 0 Å². The maximum absolute atomic E-state index is 6.12. The minimum absolute atomic E-state index is 0.268. The van der Waals surface area contributed by atoms with Gasteiger partial charge in [0.25, 0.3) is 0 Å². The van der Waals surface area contributed by atoms with E-state index in [1.165, 1.54) is 0 Å². The van der Waals surface area contributed by atoms with E-state index in [0.717, 1.165) is 21.5 Å². The molecule has 17 heavy (non-hydrogen) atoms. The largest absolute Gasteiger partial charge is 0.494 e. The van der Waals surface area contributed by atoms with Crippen LogP contribution in [0.25, 0.3) is 0 Å². The van der Waals surface area contributed by atoms with Crippen molar-refractivity contribution in [2.45, 2.75) is 13.0 Å². The first-order valence-electron chi connectivity index (χ1n) is 5.43. The Labute approximate surface area is 109 Å². The second-order valence-corrected chi connectivity index (χ2v) is 4.46. The van der Waals surface area contributed by atoms with Crippen molar-refractivity contribution in [1.82, 2.24) is 0 Å². The maximum atomic E-state index is 6.12. The van der Waals surface area contributed by atoms with Crippen molar-refractivity contribution in [3.05, 3.63) is 52.4 Å². The molecular weight excluding hydrogens is 282 g/mol.